The summed E-state index contributed by atoms with van der Waals surface area (Å²) in [6.07, 6.45) is 5.78. The average molecular weight is 377 g/mol. The number of ether oxygens (including phenoxy) is 1. The molecule has 1 saturated heterocycles. The van der Waals surface area contributed by atoms with E-state index in [2.05, 4.69) is 10.3 Å². The summed E-state index contributed by atoms with van der Waals surface area (Å²) in [4.78, 5) is 27.6. The maximum atomic E-state index is 12.0. The van der Waals surface area contributed by atoms with Crippen LogP contribution in [0, 0.1) is 0 Å². The van der Waals surface area contributed by atoms with Crippen LogP contribution in [-0.4, -0.2) is 48.5 Å². The Morgan fingerprint density at radius 1 is 1.33 bits per heavy atom. The van der Waals surface area contributed by atoms with Gasteiger partial charge in [-0.2, -0.15) is 0 Å². The minimum Gasteiger partial charge on any atom is -0.467 e. The van der Waals surface area contributed by atoms with Gasteiger partial charge in [-0.25, -0.2) is 4.79 Å². The van der Waals surface area contributed by atoms with Crippen molar-refractivity contribution in [1.29, 1.82) is 0 Å². The fourth-order valence-electron chi connectivity index (χ4n) is 2.38. The highest BCUT2D eigenvalue weighted by molar-refractivity contribution is 8.77. The first kappa shape index (κ1) is 21.0. The van der Waals surface area contributed by atoms with Crippen LogP contribution in [-0.2, 0) is 14.3 Å². The molecule has 138 valence electrons. The summed E-state index contributed by atoms with van der Waals surface area (Å²) in [7, 11) is 5.21. The lowest BCUT2D eigenvalue weighted by atomic mass is 10.1. The summed E-state index contributed by atoms with van der Waals surface area (Å²) in [6.45, 7) is 0.419. The van der Waals surface area contributed by atoms with E-state index in [0.717, 1.165) is 24.5 Å². The summed E-state index contributed by atoms with van der Waals surface area (Å²) < 4.78 is 4.74. The molecule has 2 atom stereocenters. The Balaban J connectivity index is 2.23. The normalized spacial score (nSPS) is 18.0. The zero-order valence-corrected chi connectivity index (χ0v) is 15.8. The van der Waals surface area contributed by atoms with Gasteiger partial charge in [-0.05, 0) is 32.1 Å². The molecule has 0 aromatic rings. The second-order valence-electron chi connectivity index (χ2n) is 5.67. The van der Waals surface area contributed by atoms with E-state index in [1.807, 2.05) is 21.6 Å². The van der Waals surface area contributed by atoms with Crippen LogP contribution >= 0.6 is 21.6 Å². The topological polar surface area (TPSA) is 120 Å². The van der Waals surface area contributed by atoms with Crippen LogP contribution in [0.4, 0.5) is 0 Å². The van der Waals surface area contributed by atoms with E-state index < -0.39 is 12.0 Å². The minimum atomic E-state index is -0.640. The number of carbonyl (C=O) groups is 2. The van der Waals surface area contributed by atoms with Gasteiger partial charge in [-0.3, -0.25) is 9.79 Å². The van der Waals surface area contributed by atoms with Crippen LogP contribution in [0.1, 0.15) is 44.9 Å². The SMILES string of the molecule is COC(=O)[C@H](CCCN=C(N)N)NC(=O)CCCCC1CCSS1. The van der Waals surface area contributed by atoms with Crippen LogP contribution in [0.3, 0.4) is 0 Å². The molecular weight excluding hydrogens is 348 g/mol. The van der Waals surface area contributed by atoms with Gasteiger partial charge in [-0.15, -0.1) is 0 Å². The number of aliphatic imine (C=N–C) groups is 1. The van der Waals surface area contributed by atoms with E-state index in [1.165, 1.54) is 19.3 Å². The van der Waals surface area contributed by atoms with Gasteiger partial charge in [0.05, 0.1) is 7.11 Å². The lowest BCUT2D eigenvalue weighted by Crippen LogP contribution is -2.41. The van der Waals surface area contributed by atoms with Crippen molar-refractivity contribution in [2.24, 2.45) is 16.5 Å². The Kier molecular flexibility index (Phi) is 10.7. The van der Waals surface area contributed by atoms with Crippen LogP contribution in [0.2, 0.25) is 0 Å². The molecule has 5 N–H and O–H groups in total. The minimum absolute atomic E-state index is 0.0208. The first-order chi connectivity index (χ1) is 11.5. The first-order valence-electron chi connectivity index (χ1n) is 8.23. The maximum Gasteiger partial charge on any atom is 0.328 e. The van der Waals surface area contributed by atoms with Crippen molar-refractivity contribution in [2.45, 2.75) is 56.2 Å². The van der Waals surface area contributed by atoms with Crippen LogP contribution in [0.15, 0.2) is 4.99 Å². The first-order valence-corrected chi connectivity index (χ1v) is 10.6. The fourth-order valence-corrected chi connectivity index (χ4v) is 5.41. The number of nitrogens with one attached hydrogen (secondary N) is 1. The molecule has 1 aliphatic heterocycles. The van der Waals surface area contributed by atoms with Crippen molar-refractivity contribution in [3.05, 3.63) is 0 Å². The zero-order chi connectivity index (χ0) is 17.8. The summed E-state index contributed by atoms with van der Waals surface area (Å²) >= 11 is 0. The van der Waals surface area contributed by atoms with Crippen molar-refractivity contribution >= 4 is 39.4 Å². The Morgan fingerprint density at radius 3 is 2.75 bits per heavy atom. The molecule has 1 amide bonds. The molecule has 0 aliphatic carbocycles. The predicted octanol–water partition coefficient (Wildman–Crippen LogP) is 1.41. The number of esters is 1. The van der Waals surface area contributed by atoms with Crippen molar-refractivity contribution in [3.8, 4) is 0 Å². The zero-order valence-electron chi connectivity index (χ0n) is 14.2. The van der Waals surface area contributed by atoms with Gasteiger partial charge in [0.15, 0.2) is 5.96 Å². The number of hydrogen-bond donors (Lipinski definition) is 3. The predicted molar refractivity (Wildman–Crippen MR) is 101 cm³/mol. The highest BCUT2D eigenvalue weighted by Crippen LogP contribution is 2.39. The second kappa shape index (κ2) is 12.3. The third-order valence-electron chi connectivity index (χ3n) is 3.67. The Bertz CT molecular complexity index is 425. The van der Waals surface area contributed by atoms with Gasteiger partial charge >= 0.3 is 5.97 Å². The number of amides is 1. The van der Waals surface area contributed by atoms with E-state index in [9.17, 15) is 9.59 Å². The third kappa shape index (κ3) is 9.27. The molecule has 1 unspecified atom stereocenters. The average Bonchev–Trinajstić information content (AvgIpc) is 3.06. The summed E-state index contributed by atoms with van der Waals surface area (Å²) in [5.74, 6) is 0.705. The number of methoxy groups -OCH3 is 1. The van der Waals surface area contributed by atoms with E-state index in [1.54, 1.807) is 0 Å². The third-order valence-corrected chi connectivity index (χ3v) is 6.68. The van der Waals surface area contributed by atoms with Gasteiger partial charge in [-0.1, -0.05) is 28.0 Å². The van der Waals surface area contributed by atoms with Crippen LogP contribution in [0.5, 0.6) is 0 Å². The Morgan fingerprint density at radius 2 is 2.12 bits per heavy atom. The molecule has 0 radical (unpaired) electrons. The molecule has 1 aliphatic rings. The van der Waals surface area contributed by atoms with Gasteiger partial charge in [0.2, 0.25) is 5.91 Å². The number of nitrogens with zero attached hydrogens (tertiary/aromatic N) is 1. The number of unbranched alkanes of at least 4 members (excludes halogenated alkanes) is 1. The quantitative estimate of drug-likeness (QED) is 0.164. The highest BCUT2D eigenvalue weighted by Gasteiger charge is 2.21. The van der Waals surface area contributed by atoms with Gasteiger partial charge < -0.3 is 21.5 Å². The lowest BCUT2D eigenvalue weighted by molar-refractivity contribution is -0.145. The number of guanidine groups is 1. The molecule has 1 fully saturated rings. The Hall–Kier alpha value is -1.09. The number of hydrogen-bond acceptors (Lipinski definition) is 6. The number of nitrogens with two attached hydrogens (primary N) is 2. The number of carbonyl (C=O) groups excluding carboxylic acids is 2. The van der Waals surface area contributed by atoms with Crippen molar-refractivity contribution in [1.82, 2.24) is 5.32 Å². The molecule has 1 rings (SSSR count). The van der Waals surface area contributed by atoms with Gasteiger partial charge in [0.1, 0.15) is 6.04 Å². The molecule has 1 heterocycles. The van der Waals surface area contributed by atoms with Crippen molar-refractivity contribution < 1.29 is 14.3 Å². The number of rotatable bonds is 11. The molecule has 0 saturated carbocycles. The van der Waals surface area contributed by atoms with Crippen molar-refractivity contribution in [2.75, 3.05) is 19.4 Å². The molecule has 24 heavy (non-hydrogen) atoms. The van der Waals surface area contributed by atoms with E-state index in [-0.39, 0.29) is 11.9 Å². The Labute approximate surface area is 151 Å². The van der Waals surface area contributed by atoms with Crippen LogP contribution in [0.25, 0.3) is 0 Å². The summed E-state index contributed by atoms with van der Waals surface area (Å²) in [6, 6.07) is -0.640. The molecular formula is C15H28N4O3S2. The second-order valence-corrected chi connectivity index (χ2v) is 8.45. The van der Waals surface area contributed by atoms with E-state index in [0.29, 0.717) is 25.8 Å². The molecule has 0 aromatic heterocycles. The summed E-state index contributed by atoms with van der Waals surface area (Å²) in [5, 5.41) is 3.48. The van der Waals surface area contributed by atoms with Gasteiger partial charge in [0.25, 0.3) is 0 Å². The maximum absolute atomic E-state index is 12.0. The van der Waals surface area contributed by atoms with E-state index >= 15 is 0 Å². The molecule has 0 aromatic carbocycles. The fraction of sp³-hybridized carbons (Fsp3) is 0.800. The molecule has 0 spiro atoms. The van der Waals surface area contributed by atoms with Crippen LogP contribution < -0.4 is 16.8 Å². The standard InChI is InChI=1S/C15H28N4O3S2/c1-22-14(21)12(6-4-9-18-15(16)17)19-13(20)7-3-2-5-11-8-10-23-24-11/h11-12H,2-10H2,1H3,(H,19,20)(H4,16,17,18)/t11?,12-/m0/s1. The lowest BCUT2D eigenvalue weighted by Gasteiger charge is -2.16. The van der Waals surface area contributed by atoms with E-state index in [4.69, 9.17) is 16.2 Å². The van der Waals surface area contributed by atoms with Gasteiger partial charge in [0, 0.05) is 24.0 Å². The molecule has 9 heteroatoms. The largest absolute Gasteiger partial charge is 0.467 e. The summed E-state index contributed by atoms with van der Waals surface area (Å²) in [5.41, 5.74) is 10.5. The smallest absolute Gasteiger partial charge is 0.328 e. The molecule has 7 nitrogen and oxygen atoms in total. The molecule has 0 bridgehead atoms. The monoisotopic (exact) mass is 376 g/mol. The highest BCUT2D eigenvalue weighted by atomic mass is 33.1. The van der Waals surface area contributed by atoms with Crippen molar-refractivity contribution in [3.63, 3.8) is 0 Å².